The zero-order chi connectivity index (χ0) is 10.6. The van der Waals surface area contributed by atoms with E-state index in [1.165, 1.54) is 0 Å². The third kappa shape index (κ3) is 3.03. The number of carbonyl (C=O) groups excluding carboxylic acids is 1. The van der Waals surface area contributed by atoms with E-state index in [1.54, 1.807) is 13.1 Å². The first-order valence-corrected chi connectivity index (χ1v) is 5.01. The van der Waals surface area contributed by atoms with Gasteiger partial charge >= 0.3 is 0 Å². The van der Waals surface area contributed by atoms with E-state index in [-0.39, 0.29) is 5.91 Å². The molecule has 4 nitrogen and oxygen atoms in total. The summed E-state index contributed by atoms with van der Waals surface area (Å²) in [5.74, 6) is 0.757. The van der Waals surface area contributed by atoms with E-state index < -0.39 is 5.38 Å². The Kier molecular flexibility index (Phi) is 3.95. The van der Waals surface area contributed by atoms with Crippen molar-refractivity contribution in [3.8, 4) is 0 Å². The Hall–Kier alpha value is -1.03. The third-order valence-electron chi connectivity index (χ3n) is 1.83. The Labute approximate surface area is 88.1 Å². The van der Waals surface area contributed by atoms with Gasteiger partial charge in [-0.05, 0) is 6.92 Å². The number of nitrogens with one attached hydrogen (secondary N) is 2. The molecule has 1 heterocycles. The molecule has 1 aromatic rings. The van der Waals surface area contributed by atoms with Crippen LogP contribution in [0.15, 0.2) is 6.20 Å². The maximum atomic E-state index is 11.1. The van der Waals surface area contributed by atoms with Gasteiger partial charge < -0.3 is 10.3 Å². The summed E-state index contributed by atoms with van der Waals surface area (Å²) in [6.45, 7) is 4.10. The third-order valence-corrected chi connectivity index (χ3v) is 2.03. The molecule has 0 aliphatic heterocycles. The number of hydrogen-bond donors (Lipinski definition) is 2. The quantitative estimate of drug-likeness (QED) is 0.742. The summed E-state index contributed by atoms with van der Waals surface area (Å²) >= 11 is 5.59. The number of aryl methyl sites for hydroxylation is 1. The molecule has 1 rings (SSSR count). The van der Waals surface area contributed by atoms with Crippen LogP contribution in [0.4, 0.5) is 0 Å². The Morgan fingerprint density at radius 1 is 1.79 bits per heavy atom. The van der Waals surface area contributed by atoms with Crippen molar-refractivity contribution >= 4 is 17.5 Å². The molecule has 0 aliphatic rings. The molecule has 0 radical (unpaired) electrons. The van der Waals surface area contributed by atoms with Crippen LogP contribution in [-0.4, -0.2) is 21.3 Å². The fourth-order valence-electron chi connectivity index (χ4n) is 0.998. The second-order valence-corrected chi connectivity index (χ2v) is 3.70. The minimum atomic E-state index is -0.497. The average Bonchev–Trinajstić information content (AvgIpc) is 2.61. The monoisotopic (exact) mass is 215 g/mol. The van der Waals surface area contributed by atoms with Gasteiger partial charge in [0.1, 0.15) is 11.2 Å². The smallest absolute Gasteiger partial charge is 0.238 e. The summed E-state index contributed by atoms with van der Waals surface area (Å²) in [5, 5.41) is 2.20. The summed E-state index contributed by atoms with van der Waals surface area (Å²) in [7, 11) is 0. The molecule has 1 aromatic heterocycles. The van der Waals surface area contributed by atoms with Gasteiger partial charge in [-0.25, -0.2) is 4.98 Å². The molecule has 0 saturated heterocycles. The molecule has 0 aromatic carbocycles. The molecule has 0 saturated carbocycles. The lowest BCUT2D eigenvalue weighted by Gasteiger charge is -2.03. The van der Waals surface area contributed by atoms with Crippen LogP contribution in [0.2, 0.25) is 0 Å². The highest BCUT2D eigenvalue weighted by molar-refractivity contribution is 6.30. The number of rotatable bonds is 4. The number of aromatic amines is 1. The summed E-state index contributed by atoms with van der Waals surface area (Å²) in [5.41, 5.74) is 0.896. The first kappa shape index (κ1) is 11.0. The van der Waals surface area contributed by atoms with Crippen LogP contribution < -0.4 is 5.32 Å². The van der Waals surface area contributed by atoms with Crippen molar-refractivity contribution in [3.05, 3.63) is 17.7 Å². The van der Waals surface area contributed by atoms with Gasteiger partial charge in [0.05, 0.1) is 18.4 Å². The summed E-state index contributed by atoms with van der Waals surface area (Å²) in [6, 6.07) is 0. The Morgan fingerprint density at radius 3 is 3.00 bits per heavy atom. The van der Waals surface area contributed by atoms with Gasteiger partial charge in [0.15, 0.2) is 0 Å². The minimum Gasteiger partial charge on any atom is -0.349 e. The lowest BCUT2D eigenvalue weighted by atomic mass is 10.4. The normalized spacial score (nSPS) is 12.5. The van der Waals surface area contributed by atoms with Gasteiger partial charge in [0, 0.05) is 6.42 Å². The predicted octanol–water partition coefficient (Wildman–Crippen LogP) is 1.22. The second kappa shape index (κ2) is 5.00. The van der Waals surface area contributed by atoms with Crippen LogP contribution in [0.25, 0.3) is 0 Å². The van der Waals surface area contributed by atoms with Gasteiger partial charge in [-0.2, -0.15) is 0 Å². The van der Waals surface area contributed by atoms with Gasteiger partial charge in [0.2, 0.25) is 5.91 Å². The van der Waals surface area contributed by atoms with Crippen molar-refractivity contribution in [1.82, 2.24) is 15.3 Å². The molecule has 1 amide bonds. The molecule has 1 unspecified atom stereocenters. The average molecular weight is 216 g/mol. The van der Waals surface area contributed by atoms with E-state index in [2.05, 4.69) is 15.3 Å². The molecule has 1 atom stereocenters. The fraction of sp³-hybridized carbons (Fsp3) is 0.556. The first-order valence-electron chi connectivity index (χ1n) is 4.58. The number of halogens is 1. The molecule has 14 heavy (non-hydrogen) atoms. The van der Waals surface area contributed by atoms with Crippen LogP contribution in [0.1, 0.15) is 25.4 Å². The van der Waals surface area contributed by atoms with Crippen molar-refractivity contribution in [2.75, 3.05) is 0 Å². The molecule has 0 bridgehead atoms. The highest BCUT2D eigenvalue weighted by atomic mass is 35.5. The van der Waals surface area contributed by atoms with Crippen molar-refractivity contribution in [3.63, 3.8) is 0 Å². The Balaban J connectivity index is 2.41. The maximum absolute atomic E-state index is 11.1. The van der Waals surface area contributed by atoms with E-state index in [0.717, 1.165) is 17.9 Å². The van der Waals surface area contributed by atoms with Crippen LogP contribution in [-0.2, 0) is 17.8 Å². The first-order chi connectivity index (χ1) is 6.63. The minimum absolute atomic E-state index is 0.167. The number of alkyl halides is 1. The van der Waals surface area contributed by atoms with Crippen molar-refractivity contribution in [2.45, 2.75) is 32.2 Å². The van der Waals surface area contributed by atoms with E-state index in [1.807, 2.05) is 6.92 Å². The molecule has 0 aliphatic carbocycles. The number of imidazole rings is 1. The molecule has 5 heteroatoms. The molecular formula is C9H14ClN3O. The van der Waals surface area contributed by atoms with E-state index in [9.17, 15) is 4.79 Å². The van der Waals surface area contributed by atoms with Crippen molar-refractivity contribution in [1.29, 1.82) is 0 Å². The zero-order valence-electron chi connectivity index (χ0n) is 8.30. The number of H-pyrrole nitrogens is 1. The van der Waals surface area contributed by atoms with E-state index >= 15 is 0 Å². The number of carbonyl (C=O) groups is 1. The molecule has 78 valence electrons. The standard InChI is InChI=1S/C9H14ClN3O/c1-3-8-11-4-7(13-8)5-12-9(14)6(2)10/h4,6H,3,5H2,1-2H3,(H,11,13)(H,12,14). The summed E-state index contributed by atoms with van der Waals surface area (Å²) in [4.78, 5) is 18.3. The number of amides is 1. The van der Waals surface area contributed by atoms with Gasteiger partial charge in [-0.15, -0.1) is 11.6 Å². The number of aromatic nitrogens is 2. The van der Waals surface area contributed by atoms with Crippen LogP contribution in [0.3, 0.4) is 0 Å². The van der Waals surface area contributed by atoms with Crippen molar-refractivity contribution in [2.24, 2.45) is 0 Å². The van der Waals surface area contributed by atoms with E-state index in [4.69, 9.17) is 11.6 Å². The van der Waals surface area contributed by atoms with Crippen molar-refractivity contribution < 1.29 is 4.79 Å². The van der Waals surface area contributed by atoms with Gasteiger partial charge in [-0.3, -0.25) is 4.79 Å². The lowest BCUT2D eigenvalue weighted by Crippen LogP contribution is -2.29. The summed E-state index contributed by atoms with van der Waals surface area (Å²) < 4.78 is 0. The topological polar surface area (TPSA) is 57.8 Å². The maximum Gasteiger partial charge on any atom is 0.238 e. The van der Waals surface area contributed by atoms with Crippen LogP contribution >= 0.6 is 11.6 Å². The van der Waals surface area contributed by atoms with Gasteiger partial charge in [-0.1, -0.05) is 6.92 Å². The SMILES string of the molecule is CCc1ncc(CNC(=O)C(C)Cl)[nH]1. The molecular weight excluding hydrogens is 202 g/mol. The second-order valence-electron chi connectivity index (χ2n) is 3.04. The van der Waals surface area contributed by atoms with Crippen LogP contribution in [0.5, 0.6) is 0 Å². The largest absolute Gasteiger partial charge is 0.349 e. The zero-order valence-corrected chi connectivity index (χ0v) is 9.06. The lowest BCUT2D eigenvalue weighted by molar-refractivity contribution is -0.120. The highest BCUT2D eigenvalue weighted by Crippen LogP contribution is 1.98. The Morgan fingerprint density at radius 2 is 2.50 bits per heavy atom. The molecule has 0 spiro atoms. The predicted molar refractivity (Wildman–Crippen MR) is 55.1 cm³/mol. The highest BCUT2D eigenvalue weighted by Gasteiger charge is 2.08. The fourth-order valence-corrected chi connectivity index (χ4v) is 1.08. The van der Waals surface area contributed by atoms with Crippen LogP contribution in [0, 0.1) is 0 Å². The molecule has 2 N–H and O–H groups in total. The van der Waals surface area contributed by atoms with Gasteiger partial charge in [0.25, 0.3) is 0 Å². The van der Waals surface area contributed by atoms with E-state index in [0.29, 0.717) is 6.54 Å². The Bertz CT molecular complexity index is 309. The summed E-state index contributed by atoms with van der Waals surface area (Å²) in [6.07, 6.45) is 2.58. The molecule has 0 fully saturated rings. The number of nitrogens with zero attached hydrogens (tertiary/aromatic N) is 1. The number of hydrogen-bond acceptors (Lipinski definition) is 2.